The van der Waals surface area contributed by atoms with E-state index >= 15 is 0 Å². The van der Waals surface area contributed by atoms with Gasteiger partial charge in [-0.3, -0.25) is 10.2 Å². The number of nitrogens with one attached hydrogen (secondary N) is 1. The number of benzene rings is 1. The van der Waals surface area contributed by atoms with Crippen LogP contribution in [0, 0.1) is 0 Å². The van der Waals surface area contributed by atoms with Crippen LogP contribution in [0.15, 0.2) is 35.3 Å². The summed E-state index contributed by atoms with van der Waals surface area (Å²) in [4.78, 5) is 19.9. The predicted octanol–water partition coefficient (Wildman–Crippen LogP) is 0.301. The third-order valence-electron chi connectivity index (χ3n) is 3.09. The number of nitrogens with zero attached hydrogens (tertiary/aromatic N) is 3. The first kappa shape index (κ1) is 13.4. The van der Waals surface area contributed by atoms with Gasteiger partial charge in [0.15, 0.2) is 0 Å². The lowest BCUT2D eigenvalue weighted by Gasteiger charge is -2.22. The molecule has 0 spiro atoms. The molecule has 0 aromatic heterocycles. The molecule has 1 saturated heterocycles. The van der Waals surface area contributed by atoms with Gasteiger partial charge in [0.05, 0.1) is 12.2 Å². The molecule has 6 nitrogen and oxygen atoms in total. The summed E-state index contributed by atoms with van der Waals surface area (Å²) in [5, 5.41) is 0. The number of nitrogens with two attached hydrogens (primary N) is 1. The smallest absolute Gasteiger partial charge is 0.241 e. The fourth-order valence-corrected chi connectivity index (χ4v) is 1.99. The Morgan fingerprint density at radius 3 is 2.74 bits per heavy atom. The lowest BCUT2D eigenvalue weighted by atomic mass is 10.3. The zero-order valence-corrected chi connectivity index (χ0v) is 11.0. The molecule has 0 radical (unpaired) electrons. The van der Waals surface area contributed by atoms with Gasteiger partial charge >= 0.3 is 0 Å². The van der Waals surface area contributed by atoms with Gasteiger partial charge in [-0.15, -0.1) is 0 Å². The minimum Gasteiger partial charge on any atom is -0.344 e. The van der Waals surface area contributed by atoms with Crippen molar-refractivity contribution >= 4 is 17.6 Å². The Balaban J connectivity index is 2.17. The van der Waals surface area contributed by atoms with E-state index in [-0.39, 0.29) is 5.91 Å². The van der Waals surface area contributed by atoms with Crippen molar-refractivity contribution < 1.29 is 4.79 Å². The van der Waals surface area contributed by atoms with Crippen LogP contribution in [-0.4, -0.2) is 48.3 Å². The summed E-state index contributed by atoms with van der Waals surface area (Å²) in [6, 6.07) is 9.54. The molecule has 1 amide bonds. The molecule has 1 aromatic rings. The molecule has 1 aliphatic rings. The average Bonchev–Trinajstić information content (AvgIpc) is 2.60. The van der Waals surface area contributed by atoms with Crippen molar-refractivity contribution in [2.24, 2.45) is 10.8 Å². The number of carbonyl (C=O) groups is 1. The van der Waals surface area contributed by atoms with Crippen LogP contribution in [0.2, 0.25) is 0 Å². The minimum atomic E-state index is 0.0773. The van der Waals surface area contributed by atoms with Crippen LogP contribution in [-0.2, 0) is 4.79 Å². The molecule has 2 rings (SSSR count). The van der Waals surface area contributed by atoms with E-state index in [0.29, 0.717) is 12.5 Å². The highest BCUT2D eigenvalue weighted by Crippen LogP contribution is 2.11. The van der Waals surface area contributed by atoms with E-state index in [1.807, 2.05) is 42.3 Å². The van der Waals surface area contributed by atoms with Crippen molar-refractivity contribution in [3.05, 3.63) is 30.3 Å². The van der Waals surface area contributed by atoms with Crippen LogP contribution in [0.25, 0.3) is 0 Å². The quantitative estimate of drug-likeness (QED) is 0.330. The molecule has 0 bridgehead atoms. The van der Waals surface area contributed by atoms with E-state index in [9.17, 15) is 4.79 Å². The number of rotatable bonds is 1. The topological polar surface area (TPSA) is 74.0 Å². The van der Waals surface area contributed by atoms with E-state index in [0.717, 1.165) is 25.2 Å². The predicted molar refractivity (Wildman–Crippen MR) is 74.7 cm³/mol. The summed E-state index contributed by atoms with van der Waals surface area (Å²) in [5.41, 5.74) is 3.39. The molecule has 1 aromatic carbocycles. The highest BCUT2D eigenvalue weighted by Gasteiger charge is 2.21. The molecule has 1 heterocycles. The maximum Gasteiger partial charge on any atom is 0.241 e. The molecule has 0 unspecified atom stereocenters. The van der Waals surface area contributed by atoms with Gasteiger partial charge in [-0.25, -0.2) is 10.8 Å². The van der Waals surface area contributed by atoms with Crippen molar-refractivity contribution in [2.45, 2.75) is 6.42 Å². The molecule has 3 N–H and O–H groups in total. The number of para-hydroxylation sites is 1. The Morgan fingerprint density at radius 1 is 1.32 bits per heavy atom. The van der Waals surface area contributed by atoms with Gasteiger partial charge in [0.1, 0.15) is 0 Å². The van der Waals surface area contributed by atoms with Crippen LogP contribution in [0.4, 0.5) is 5.69 Å². The van der Waals surface area contributed by atoms with Crippen molar-refractivity contribution in [2.75, 3.05) is 26.7 Å². The van der Waals surface area contributed by atoms with Crippen LogP contribution >= 0.6 is 0 Å². The lowest BCUT2D eigenvalue weighted by molar-refractivity contribution is -0.129. The monoisotopic (exact) mass is 261 g/mol. The maximum absolute atomic E-state index is 11.9. The Morgan fingerprint density at radius 2 is 2.05 bits per heavy atom. The number of hydrazine groups is 1. The largest absolute Gasteiger partial charge is 0.344 e. The van der Waals surface area contributed by atoms with Gasteiger partial charge in [-0.1, -0.05) is 18.2 Å². The molecule has 6 heteroatoms. The number of aliphatic imine (C=N–C) groups is 1. The molecule has 0 saturated carbocycles. The van der Waals surface area contributed by atoms with Crippen molar-refractivity contribution in [3.63, 3.8) is 0 Å². The number of guanidine groups is 1. The van der Waals surface area contributed by atoms with Crippen molar-refractivity contribution in [1.29, 1.82) is 0 Å². The van der Waals surface area contributed by atoms with E-state index in [1.165, 1.54) is 0 Å². The first-order valence-electron chi connectivity index (χ1n) is 6.30. The second-order valence-electron chi connectivity index (χ2n) is 4.51. The number of hydrogen-bond acceptors (Lipinski definition) is 3. The third-order valence-corrected chi connectivity index (χ3v) is 3.09. The standard InChI is InChI=1S/C13H19N5O/c1-17-8-5-9-18(10-12(17)19)13(16-14)15-11-6-3-2-4-7-11/h2-4,6-7H,5,8-10,14H2,1H3,(H,15,16). The second-order valence-corrected chi connectivity index (χ2v) is 4.51. The Hall–Kier alpha value is -2.08. The maximum atomic E-state index is 11.9. The highest BCUT2D eigenvalue weighted by atomic mass is 16.2. The van der Waals surface area contributed by atoms with Gasteiger partial charge < -0.3 is 9.80 Å². The summed E-state index contributed by atoms with van der Waals surface area (Å²) in [6.07, 6.45) is 0.901. The number of amides is 1. The first-order chi connectivity index (χ1) is 9.20. The fourth-order valence-electron chi connectivity index (χ4n) is 1.99. The summed E-state index contributed by atoms with van der Waals surface area (Å²) in [7, 11) is 1.82. The second kappa shape index (κ2) is 6.19. The molecule has 1 fully saturated rings. The Bertz CT molecular complexity index is 459. The minimum absolute atomic E-state index is 0.0773. The van der Waals surface area contributed by atoms with Crippen LogP contribution in [0.1, 0.15) is 6.42 Å². The first-order valence-corrected chi connectivity index (χ1v) is 6.30. The Labute approximate surface area is 112 Å². The average molecular weight is 261 g/mol. The van der Waals surface area contributed by atoms with E-state index in [4.69, 9.17) is 5.84 Å². The van der Waals surface area contributed by atoms with Gasteiger partial charge in [-0.05, 0) is 18.6 Å². The summed E-state index contributed by atoms with van der Waals surface area (Å²) in [5.74, 6) is 6.14. The van der Waals surface area contributed by atoms with E-state index in [1.54, 1.807) is 4.90 Å². The summed E-state index contributed by atoms with van der Waals surface area (Å²) < 4.78 is 0. The van der Waals surface area contributed by atoms with Gasteiger partial charge in [0.25, 0.3) is 0 Å². The normalized spacial score (nSPS) is 17.4. The zero-order chi connectivity index (χ0) is 13.7. The van der Waals surface area contributed by atoms with Crippen LogP contribution in [0.3, 0.4) is 0 Å². The summed E-state index contributed by atoms with van der Waals surface area (Å²) >= 11 is 0. The molecule has 0 aliphatic carbocycles. The SMILES string of the molecule is CN1CCCN(C(=Nc2ccccc2)NN)CC1=O. The van der Waals surface area contributed by atoms with Gasteiger partial charge in [0.2, 0.25) is 11.9 Å². The third kappa shape index (κ3) is 3.45. The summed E-state index contributed by atoms with van der Waals surface area (Å²) in [6.45, 7) is 1.82. The molecular formula is C13H19N5O. The molecule has 19 heavy (non-hydrogen) atoms. The number of likely N-dealkylation sites (N-methyl/N-ethyl adjacent to an activating group) is 1. The van der Waals surface area contributed by atoms with Crippen LogP contribution in [0.5, 0.6) is 0 Å². The van der Waals surface area contributed by atoms with E-state index in [2.05, 4.69) is 10.4 Å². The number of hydrogen-bond donors (Lipinski definition) is 2. The van der Waals surface area contributed by atoms with Crippen molar-refractivity contribution in [1.82, 2.24) is 15.2 Å². The highest BCUT2D eigenvalue weighted by molar-refractivity contribution is 5.88. The lowest BCUT2D eigenvalue weighted by Crippen LogP contribution is -2.47. The molecule has 0 atom stereocenters. The molecule has 1 aliphatic heterocycles. The number of carbonyl (C=O) groups excluding carboxylic acids is 1. The van der Waals surface area contributed by atoms with E-state index < -0.39 is 0 Å². The zero-order valence-electron chi connectivity index (χ0n) is 11.0. The van der Waals surface area contributed by atoms with Crippen molar-refractivity contribution in [3.8, 4) is 0 Å². The molecule has 102 valence electrons. The fraction of sp³-hybridized carbons (Fsp3) is 0.385. The molecular weight excluding hydrogens is 242 g/mol. The van der Waals surface area contributed by atoms with Gasteiger partial charge in [-0.2, -0.15) is 0 Å². The Kier molecular flexibility index (Phi) is 4.35. The van der Waals surface area contributed by atoms with Crippen LogP contribution < -0.4 is 11.3 Å². The van der Waals surface area contributed by atoms with Gasteiger partial charge in [0, 0.05) is 20.1 Å².